The van der Waals surface area contributed by atoms with Gasteiger partial charge in [-0.3, -0.25) is 9.59 Å². The van der Waals surface area contributed by atoms with Crippen molar-refractivity contribution in [3.63, 3.8) is 0 Å². The summed E-state index contributed by atoms with van der Waals surface area (Å²) >= 11 is 0. The van der Waals surface area contributed by atoms with E-state index in [2.05, 4.69) is 5.32 Å². The van der Waals surface area contributed by atoms with Gasteiger partial charge >= 0.3 is 6.18 Å². The van der Waals surface area contributed by atoms with E-state index in [1.165, 1.54) is 24.3 Å². The number of nitrogens with two attached hydrogens (primary N) is 1. The summed E-state index contributed by atoms with van der Waals surface area (Å²) in [6.45, 7) is 1.44. The minimum Gasteiger partial charge on any atom is -0.492 e. The Labute approximate surface area is 153 Å². The lowest BCUT2D eigenvalue weighted by Crippen LogP contribution is -2.21. The first kappa shape index (κ1) is 20.1. The van der Waals surface area contributed by atoms with E-state index in [0.29, 0.717) is 5.75 Å². The first-order chi connectivity index (χ1) is 12.7. The molecular formula is C18H17F3N2O4. The van der Waals surface area contributed by atoms with E-state index >= 15 is 0 Å². The molecule has 2 rings (SSSR count). The number of halogens is 3. The predicted octanol–water partition coefficient (Wildman–Crippen LogP) is 3.22. The minimum absolute atomic E-state index is 0.107. The van der Waals surface area contributed by atoms with Gasteiger partial charge in [-0.15, -0.1) is 0 Å². The van der Waals surface area contributed by atoms with Crippen LogP contribution >= 0.6 is 0 Å². The number of rotatable bonds is 7. The molecule has 144 valence electrons. The number of amides is 2. The lowest BCUT2D eigenvalue weighted by molar-refractivity contribution is -0.137. The Morgan fingerprint density at radius 2 is 1.74 bits per heavy atom. The molecule has 0 spiro atoms. The fourth-order valence-electron chi connectivity index (χ4n) is 2.14. The van der Waals surface area contributed by atoms with Crippen molar-refractivity contribution in [2.24, 2.45) is 5.73 Å². The smallest absolute Gasteiger partial charge is 0.416 e. The van der Waals surface area contributed by atoms with Gasteiger partial charge in [0.05, 0.1) is 17.9 Å². The minimum atomic E-state index is -4.55. The standard InChI is InChI=1S/C18H17F3N2O4/c1-2-26-15-8-5-12(18(19,20)21)9-14(15)23-16(24)10-27-13-6-3-11(4-7-13)17(22)25/h3-9H,2,10H2,1H3,(H2,22,25)(H,23,24). The summed E-state index contributed by atoms with van der Waals surface area (Å²) in [6.07, 6.45) is -4.55. The van der Waals surface area contributed by atoms with E-state index in [4.69, 9.17) is 15.2 Å². The molecule has 0 aliphatic carbocycles. The summed E-state index contributed by atoms with van der Waals surface area (Å²) in [4.78, 5) is 23.0. The van der Waals surface area contributed by atoms with Gasteiger partial charge in [0.2, 0.25) is 5.91 Å². The number of nitrogens with one attached hydrogen (secondary N) is 1. The Hall–Kier alpha value is -3.23. The molecule has 0 unspecified atom stereocenters. The molecule has 0 radical (unpaired) electrons. The van der Waals surface area contributed by atoms with Gasteiger partial charge in [0.15, 0.2) is 6.61 Å². The molecule has 6 nitrogen and oxygen atoms in total. The molecule has 0 fully saturated rings. The topological polar surface area (TPSA) is 90.7 Å². The zero-order valence-corrected chi connectivity index (χ0v) is 14.3. The highest BCUT2D eigenvalue weighted by atomic mass is 19.4. The van der Waals surface area contributed by atoms with Gasteiger partial charge in [-0.25, -0.2) is 0 Å². The molecule has 0 bridgehead atoms. The van der Waals surface area contributed by atoms with Gasteiger partial charge < -0.3 is 20.5 Å². The zero-order chi connectivity index (χ0) is 20.0. The summed E-state index contributed by atoms with van der Waals surface area (Å²) in [5, 5.41) is 2.34. The predicted molar refractivity (Wildman–Crippen MR) is 91.7 cm³/mol. The zero-order valence-electron chi connectivity index (χ0n) is 14.3. The molecule has 3 N–H and O–H groups in total. The average Bonchev–Trinajstić information content (AvgIpc) is 2.61. The van der Waals surface area contributed by atoms with Crippen LogP contribution in [0, 0.1) is 0 Å². The maximum absolute atomic E-state index is 12.9. The summed E-state index contributed by atoms with van der Waals surface area (Å²) in [5.74, 6) is -0.865. The van der Waals surface area contributed by atoms with Crippen LogP contribution in [0.15, 0.2) is 42.5 Å². The van der Waals surface area contributed by atoms with Crippen LogP contribution < -0.4 is 20.5 Å². The maximum atomic E-state index is 12.9. The molecule has 0 saturated carbocycles. The number of carbonyl (C=O) groups excluding carboxylic acids is 2. The highest BCUT2D eigenvalue weighted by Gasteiger charge is 2.31. The van der Waals surface area contributed by atoms with Crippen molar-refractivity contribution in [1.29, 1.82) is 0 Å². The molecule has 0 atom stereocenters. The molecule has 27 heavy (non-hydrogen) atoms. The van der Waals surface area contributed by atoms with Gasteiger partial charge in [-0.05, 0) is 49.4 Å². The number of primary amides is 1. The average molecular weight is 382 g/mol. The monoisotopic (exact) mass is 382 g/mol. The van der Waals surface area contributed by atoms with Crippen LogP contribution in [0.2, 0.25) is 0 Å². The van der Waals surface area contributed by atoms with Crippen LogP contribution in [0.25, 0.3) is 0 Å². The van der Waals surface area contributed by atoms with Crippen LogP contribution in [0.1, 0.15) is 22.8 Å². The van der Waals surface area contributed by atoms with Gasteiger partial charge in [-0.1, -0.05) is 0 Å². The fraction of sp³-hybridized carbons (Fsp3) is 0.222. The van der Waals surface area contributed by atoms with Crippen LogP contribution in [0.4, 0.5) is 18.9 Å². The van der Waals surface area contributed by atoms with Crippen LogP contribution in [0.5, 0.6) is 11.5 Å². The van der Waals surface area contributed by atoms with Crippen molar-refractivity contribution in [2.45, 2.75) is 13.1 Å². The third-order valence-electron chi connectivity index (χ3n) is 3.39. The van der Waals surface area contributed by atoms with E-state index in [1.54, 1.807) is 6.92 Å². The van der Waals surface area contributed by atoms with Crippen molar-refractivity contribution < 1.29 is 32.2 Å². The number of carbonyl (C=O) groups is 2. The molecular weight excluding hydrogens is 365 g/mol. The highest BCUT2D eigenvalue weighted by Crippen LogP contribution is 2.35. The highest BCUT2D eigenvalue weighted by molar-refractivity contribution is 5.94. The molecule has 0 aromatic heterocycles. The number of anilines is 1. The van der Waals surface area contributed by atoms with Gasteiger partial charge in [-0.2, -0.15) is 13.2 Å². The number of ether oxygens (including phenoxy) is 2. The van der Waals surface area contributed by atoms with Crippen LogP contribution in [-0.2, 0) is 11.0 Å². The van der Waals surface area contributed by atoms with E-state index in [1.807, 2.05) is 0 Å². The van der Waals surface area contributed by atoms with Crippen molar-refractivity contribution in [3.8, 4) is 11.5 Å². The van der Waals surface area contributed by atoms with E-state index in [-0.39, 0.29) is 23.6 Å². The SMILES string of the molecule is CCOc1ccc(C(F)(F)F)cc1NC(=O)COc1ccc(C(N)=O)cc1. The Morgan fingerprint density at radius 1 is 1.07 bits per heavy atom. The number of alkyl halides is 3. The van der Waals surface area contributed by atoms with E-state index in [9.17, 15) is 22.8 Å². The Morgan fingerprint density at radius 3 is 2.30 bits per heavy atom. The molecule has 2 amide bonds. The first-order valence-electron chi connectivity index (χ1n) is 7.87. The summed E-state index contributed by atoms with van der Waals surface area (Å²) < 4.78 is 49.1. The molecule has 0 aliphatic rings. The quantitative estimate of drug-likeness (QED) is 0.769. The normalized spacial score (nSPS) is 11.0. The maximum Gasteiger partial charge on any atom is 0.416 e. The second kappa shape index (κ2) is 8.43. The first-order valence-corrected chi connectivity index (χ1v) is 7.87. The number of hydrogen-bond acceptors (Lipinski definition) is 4. The van der Waals surface area contributed by atoms with Crippen molar-refractivity contribution >= 4 is 17.5 Å². The third kappa shape index (κ3) is 5.63. The summed E-state index contributed by atoms with van der Waals surface area (Å²) in [7, 11) is 0. The Bertz CT molecular complexity index is 820. The summed E-state index contributed by atoms with van der Waals surface area (Å²) in [5.41, 5.74) is 4.37. The van der Waals surface area contributed by atoms with Crippen molar-refractivity contribution in [2.75, 3.05) is 18.5 Å². The van der Waals surface area contributed by atoms with Gasteiger partial charge in [0.1, 0.15) is 11.5 Å². The molecule has 0 aliphatic heterocycles. The van der Waals surface area contributed by atoms with Gasteiger partial charge in [0, 0.05) is 5.56 Å². The second-order valence-electron chi connectivity index (χ2n) is 5.37. The molecule has 2 aromatic carbocycles. The Kier molecular flexibility index (Phi) is 6.27. The van der Waals surface area contributed by atoms with Crippen molar-refractivity contribution in [1.82, 2.24) is 0 Å². The van der Waals surface area contributed by atoms with Crippen molar-refractivity contribution in [3.05, 3.63) is 53.6 Å². The molecule has 2 aromatic rings. The van der Waals surface area contributed by atoms with Gasteiger partial charge in [0.25, 0.3) is 5.91 Å². The molecule has 0 heterocycles. The number of hydrogen-bond donors (Lipinski definition) is 2. The second-order valence-corrected chi connectivity index (χ2v) is 5.37. The molecule has 0 saturated heterocycles. The Balaban J connectivity index is 2.06. The van der Waals surface area contributed by atoms with Crippen LogP contribution in [0.3, 0.4) is 0 Å². The lowest BCUT2D eigenvalue weighted by Gasteiger charge is -2.15. The third-order valence-corrected chi connectivity index (χ3v) is 3.39. The number of benzene rings is 2. The lowest BCUT2D eigenvalue weighted by atomic mass is 10.1. The van der Waals surface area contributed by atoms with E-state index in [0.717, 1.165) is 18.2 Å². The van der Waals surface area contributed by atoms with Crippen LogP contribution in [-0.4, -0.2) is 25.0 Å². The fourth-order valence-corrected chi connectivity index (χ4v) is 2.14. The summed E-state index contributed by atoms with van der Waals surface area (Å²) in [6, 6.07) is 8.56. The molecule has 9 heteroatoms. The van der Waals surface area contributed by atoms with E-state index < -0.39 is 30.2 Å². The largest absolute Gasteiger partial charge is 0.492 e.